The maximum Gasteiger partial charge on any atom is 0.319 e. The molecule has 2 aromatic rings. The van der Waals surface area contributed by atoms with E-state index in [9.17, 15) is 15.0 Å². The molecule has 5 nitrogen and oxygen atoms in total. The standard InChI is InChI=1S/C22H32N2O3/c1-4-8-17(18(15-25)13-22(2,3)27)14-24(21(23)26)20-12-7-10-16-9-5-6-11-19(16)20/h5-7,9-12,17-18,25,27H,4,8,13-15H2,1-3H3,(H2,23,26). The van der Waals surface area contributed by atoms with Crippen LogP contribution in [0.3, 0.4) is 0 Å². The number of benzene rings is 2. The quantitative estimate of drug-likeness (QED) is 0.624. The molecule has 0 spiro atoms. The van der Waals surface area contributed by atoms with Crippen molar-refractivity contribution in [2.45, 2.75) is 45.6 Å². The van der Waals surface area contributed by atoms with Crippen molar-refractivity contribution in [2.75, 3.05) is 18.1 Å². The van der Waals surface area contributed by atoms with Crippen LogP contribution in [0, 0.1) is 11.8 Å². The molecular weight excluding hydrogens is 340 g/mol. The lowest BCUT2D eigenvalue weighted by atomic mass is 9.81. The van der Waals surface area contributed by atoms with Gasteiger partial charge in [0.25, 0.3) is 0 Å². The second-order valence-electron chi connectivity index (χ2n) is 7.96. The van der Waals surface area contributed by atoms with Gasteiger partial charge >= 0.3 is 6.03 Å². The molecule has 0 aromatic heterocycles. The van der Waals surface area contributed by atoms with Crippen LogP contribution in [0.2, 0.25) is 0 Å². The summed E-state index contributed by atoms with van der Waals surface area (Å²) in [6, 6.07) is 13.2. The number of hydrogen-bond acceptors (Lipinski definition) is 3. The van der Waals surface area contributed by atoms with E-state index in [2.05, 4.69) is 6.92 Å². The van der Waals surface area contributed by atoms with E-state index < -0.39 is 11.6 Å². The molecule has 2 amide bonds. The first kappa shape index (κ1) is 21.2. The number of aliphatic hydroxyl groups is 2. The maximum absolute atomic E-state index is 12.3. The SMILES string of the molecule is CCCC(CN(C(N)=O)c1cccc2ccccc12)C(CO)CC(C)(C)O. The second-order valence-corrected chi connectivity index (χ2v) is 7.96. The zero-order chi connectivity index (χ0) is 20.0. The second kappa shape index (κ2) is 9.20. The molecule has 5 heteroatoms. The normalized spacial score (nSPS) is 14.1. The van der Waals surface area contributed by atoms with E-state index in [0.717, 1.165) is 29.3 Å². The summed E-state index contributed by atoms with van der Waals surface area (Å²) >= 11 is 0. The number of anilines is 1. The topological polar surface area (TPSA) is 86.8 Å². The van der Waals surface area contributed by atoms with E-state index in [1.54, 1.807) is 18.7 Å². The van der Waals surface area contributed by atoms with Crippen molar-refractivity contribution in [2.24, 2.45) is 17.6 Å². The number of primary amides is 1. The zero-order valence-corrected chi connectivity index (χ0v) is 16.6. The van der Waals surface area contributed by atoms with Crippen LogP contribution >= 0.6 is 0 Å². The molecule has 2 aromatic carbocycles. The van der Waals surface area contributed by atoms with Crippen molar-refractivity contribution < 1.29 is 15.0 Å². The third-order valence-corrected chi connectivity index (χ3v) is 5.06. The first-order valence-corrected chi connectivity index (χ1v) is 9.64. The fraction of sp³-hybridized carbons (Fsp3) is 0.500. The third kappa shape index (κ3) is 5.68. The molecule has 0 aliphatic heterocycles. The molecule has 0 aliphatic carbocycles. The molecule has 2 rings (SSSR count). The van der Waals surface area contributed by atoms with Crippen molar-refractivity contribution in [1.82, 2.24) is 0 Å². The third-order valence-electron chi connectivity index (χ3n) is 5.06. The Balaban J connectivity index is 2.37. The molecule has 27 heavy (non-hydrogen) atoms. The van der Waals surface area contributed by atoms with Gasteiger partial charge in [0.2, 0.25) is 0 Å². The first-order valence-electron chi connectivity index (χ1n) is 9.64. The summed E-state index contributed by atoms with van der Waals surface area (Å²) in [7, 11) is 0. The summed E-state index contributed by atoms with van der Waals surface area (Å²) < 4.78 is 0. The highest BCUT2D eigenvalue weighted by molar-refractivity contribution is 6.02. The fourth-order valence-electron chi connectivity index (χ4n) is 3.85. The Labute approximate surface area is 161 Å². The van der Waals surface area contributed by atoms with E-state index in [4.69, 9.17) is 5.73 Å². The highest BCUT2D eigenvalue weighted by atomic mass is 16.3. The largest absolute Gasteiger partial charge is 0.396 e. The Hall–Kier alpha value is -2.11. The number of carbonyl (C=O) groups is 1. The number of amides is 2. The van der Waals surface area contributed by atoms with Crippen LogP contribution in [0.1, 0.15) is 40.0 Å². The van der Waals surface area contributed by atoms with Crippen molar-refractivity contribution >= 4 is 22.5 Å². The number of carbonyl (C=O) groups excluding carboxylic acids is 1. The zero-order valence-electron chi connectivity index (χ0n) is 16.6. The fourth-order valence-corrected chi connectivity index (χ4v) is 3.85. The van der Waals surface area contributed by atoms with Crippen LogP contribution in [0.15, 0.2) is 42.5 Å². The lowest BCUT2D eigenvalue weighted by Gasteiger charge is -2.34. The summed E-state index contributed by atoms with van der Waals surface area (Å²) in [5, 5.41) is 22.2. The van der Waals surface area contributed by atoms with Crippen LogP contribution in [0.25, 0.3) is 10.8 Å². The van der Waals surface area contributed by atoms with Crippen molar-refractivity contribution in [3.63, 3.8) is 0 Å². The molecule has 2 unspecified atom stereocenters. The predicted octanol–water partition coefficient (Wildman–Crippen LogP) is 3.91. The van der Waals surface area contributed by atoms with Gasteiger partial charge in [-0.2, -0.15) is 0 Å². The smallest absolute Gasteiger partial charge is 0.319 e. The minimum absolute atomic E-state index is 0.0310. The van der Waals surface area contributed by atoms with Crippen LogP contribution in [0.5, 0.6) is 0 Å². The number of hydrogen-bond donors (Lipinski definition) is 3. The van der Waals surface area contributed by atoms with Gasteiger partial charge in [-0.15, -0.1) is 0 Å². The summed E-state index contributed by atoms with van der Waals surface area (Å²) in [4.78, 5) is 13.9. The lowest BCUT2D eigenvalue weighted by Crippen LogP contribution is -2.42. The molecule has 0 fully saturated rings. The number of nitrogens with two attached hydrogens (primary N) is 1. The van der Waals surface area contributed by atoms with E-state index in [-0.39, 0.29) is 18.4 Å². The molecule has 0 saturated heterocycles. The molecule has 148 valence electrons. The Morgan fingerprint density at radius 1 is 1.15 bits per heavy atom. The summed E-state index contributed by atoms with van der Waals surface area (Å²) in [5.74, 6) is -0.0698. The summed E-state index contributed by atoms with van der Waals surface area (Å²) in [6.07, 6.45) is 2.24. The molecule has 0 saturated carbocycles. The maximum atomic E-state index is 12.3. The van der Waals surface area contributed by atoms with Gasteiger partial charge in [0.15, 0.2) is 0 Å². The van der Waals surface area contributed by atoms with Gasteiger partial charge < -0.3 is 15.9 Å². The Kier molecular flexibility index (Phi) is 7.22. The molecule has 4 N–H and O–H groups in total. The molecule has 2 atom stereocenters. The average molecular weight is 373 g/mol. The van der Waals surface area contributed by atoms with Crippen LogP contribution in [0.4, 0.5) is 10.5 Å². The van der Waals surface area contributed by atoms with Gasteiger partial charge in [-0.1, -0.05) is 49.7 Å². The average Bonchev–Trinajstić information content (AvgIpc) is 2.62. The van der Waals surface area contributed by atoms with Gasteiger partial charge in [0.1, 0.15) is 0 Å². The van der Waals surface area contributed by atoms with E-state index in [1.807, 2.05) is 42.5 Å². The summed E-state index contributed by atoms with van der Waals surface area (Å²) in [5.41, 5.74) is 5.65. The molecule has 0 aliphatic rings. The minimum atomic E-state index is -0.879. The van der Waals surface area contributed by atoms with Crippen molar-refractivity contribution in [3.05, 3.63) is 42.5 Å². The Morgan fingerprint density at radius 2 is 1.81 bits per heavy atom. The predicted molar refractivity (Wildman–Crippen MR) is 111 cm³/mol. The summed E-state index contributed by atoms with van der Waals surface area (Å²) in [6.45, 7) is 5.96. The molecular formula is C22H32N2O3. The van der Waals surface area contributed by atoms with E-state index >= 15 is 0 Å². The van der Waals surface area contributed by atoms with Crippen LogP contribution in [-0.2, 0) is 0 Å². The number of fused-ring (bicyclic) bond motifs is 1. The van der Waals surface area contributed by atoms with Crippen molar-refractivity contribution in [3.8, 4) is 0 Å². The monoisotopic (exact) mass is 372 g/mol. The number of rotatable bonds is 9. The van der Waals surface area contributed by atoms with Crippen molar-refractivity contribution in [1.29, 1.82) is 0 Å². The molecule has 0 radical (unpaired) electrons. The van der Waals surface area contributed by atoms with Crippen LogP contribution < -0.4 is 10.6 Å². The van der Waals surface area contributed by atoms with E-state index in [0.29, 0.717) is 13.0 Å². The number of urea groups is 1. The van der Waals surface area contributed by atoms with Gasteiger partial charge in [-0.3, -0.25) is 4.90 Å². The minimum Gasteiger partial charge on any atom is -0.396 e. The van der Waals surface area contributed by atoms with Crippen LogP contribution in [-0.4, -0.2) is 35.0 Å². The molecule has 0 heterocycles. The first-order chi connectivity index (χ1) is 12.8. The molecule has 0 bridgehead atoms. The highest BCUT2D eigenvalue weighted by Gasteiger charge is 2.29. The lowest BCUT2D eigenvalue weighted by molar-refractivity contribution is 0.0242. The van der Waals surface area contributed by atoms with E-state index in [1.165, 1.54) is 0 Å². The highest BCUT2D eigenvalue weighted by Crippen LogP contribution is 2.31. The van der Waals surface area contributed by atoms with Gasteiger partial charge in [0.05, 0.1) is 11.3 Å². The number of nitrogens with zero attached hydrogens (tertiary/aromatic N) is 1. The number of aliphatic hydroxyl groups excluding tert-OH is 1. The van der Waals surface area contributed by atoms with Gasteiger partial charge in [-0.25, -0.2) is 4.79 Å². The van der Waals surface area contributed by atoms with Gasteiger partial charge in [-0.05, 0) is 50.0 Å². The van der Waals surface area contributed by atoms with Gasteiger partial charge in [0, 0.05) is 18.5 Å². The Morgan fingerprint density at radius 3 is 2.41 bits per heavy atom. The Bertz CT molecular complexity index is 749.